The van der Waals surface area contributed by atoms with E-state index in [1.807, 2.05) is 12.1 Å². The van der Waals surface area contributed by atoms with E-state index in [2.05, 4.69) is 63.3 Å². The molecule has 0 heterocycles. The first-order chi connectivity index (χ1) is 10.4. The van der Waals surface area contributed by atoms with Gasteiger partial charge in [0.2, 0.25) is 0 Å². The lowest BCUT2D eigenvalue weighted by Crippen LogP contribution is -2.10. The monoisotopic (exact) mass is 293 g/mol. The van der Waals surface area contributed by atoms with E-state index in [-0.39, 0.29) is 5.41 Å². The molecule has 0 aliphatic heterocycles. The summed E-state index contributed by atoms with van der Waals surface area (Å²) in [6.45, 7) is 14.2. The average Bonchev–Trinajstić information content (AvgIpc) is 2.52. The van der Waals surface area contributed by atoms with Gasteiger partial charge >= 0.3 is 0 Å². The third-order valence-electron chi connectivity index (χ3n) is 3.79. The number of hydrogen-bond donors (Lipinski definition) is 0. The third kappa shape index (κ3) is 3.11. The number of methoxy groups -OCH3 is 1. The van der Waals surface area contributed by atoms with Crippen LogP contribution in [-0.4, -0.2) is 13.8 Å². The quantitative estimate of drug-likeness (QED) is 0.669. The molecule has 0 radical (unpaired) electrons. The van der Waals surface area contributed by atoms with Crippen LogP contribution in [0.25, 0.3) is 17.2 Å². The molecule has 0 aliphatic rings. The van der Waals surface area contributed by atoms with Gasteiger partial charge in [0.05, 0.1) is 12.8 Å². The molecule has 0 saturated carbocycles. The van der Waals surface area contributed by atoms with Crippen molar-refractivity contribution in [3.63, 3.8) is 0 Å². The largest absolute Gasteiger partial charge is 0.497 e. The van der Waals surface area contributed by atoms with E-state index in [1.54, 1.807) is 13.2 Å². The van der Waals surface area contributed by atoms with E-state index in [4.69, 9.17) is 4.74 Å². The number of hydrogen-bond acceptors (Lipinski definition) is 2. The van der Waals surface area contributed by atoms with Crippen molar-refractivity contribution in [3.05, 3.63) is 54.1 Å². The van der Waals surface area contributed by atoms with Crippen LogP contribution >= 0.6 is 0 Å². The molecule has 0 N–H and O–H groups in total. The highest BCUT2D eigenvalue weighted by molar-refractivity contribution is 5.85. The fourth-order valence-corrected chi connectivity index (χ4v) is 2.45. The standard InChI is InChI=1S/C20H23NO/c1-7-14-12-17(22-6)13-18(19(14)21-5)15-8-10-16(11-9-15)20(2,3)4/h7-13H,1,5H2,2-4,6H3. The summed E-state index contributed by atoms with van der Waals surface area (Å²) in [5, 5.41) is 0. The predicted molar refractivity (Wildman–Crippen MR) is 96.4 cm³/mol. The Kier molecular flexibility index (Phi) is 4.51. The highest BCUT2D eigenvalue weighted by Gasteiger charge is 2.15. The molecule has 0 saturated heterocycles. The summed E-state index contributed by atoms with van der Waals surface area (Å²) in [4.78, 5) is 4.19. The zero-order valence-corrected chi connectivity index (χ0v) is 13.8. The molecule has 114 valence electrons. The first-order valence-electron chi connectivity index (χ1n) is 7.33. The molecule has 22 heavy (non-hydrogen) atoms. The molecule has 0 bridgehead atoms. The first-order valence-corrected chi connectivity index (χ1v) is 7.33. The number of nitrogens with zero attached hydrogens (tertiary/aromatic N) is 1. The topological polar surface area (TPSA) is 21.6 Å². The van der Waals surface area contributed by atoms with Gasteiger partial charge in [0.25, 0.3) is 0 Å². The highest BCUT2D eigenvalue weighted by Crippen LogP contribution is 2.38. The molecule has 0 atom stereocenters. The van der Waals surface area contributed by atoms with E-state index in [0.29, 0.717) is 0 Å². The smallest absolute Gasteiger partial charge is 0.120 e. The summed E-state index contributed by atoms with van der Waals surface area (Å²) in [7, 11) is 1.66. The Bertz CT molecular complexity index is 691. The fraction of sp³-hybridized carbons (Fsp3) is 0.250. The summed E-state index contributed by atoms with van der Waals surface area (Å²) in [5.74, 6) is 0.789. The molecule has 0 spiro atoms. The van der Waals surface area contributed by atoms with Crippen LogP contribution in [0.3, 0.4) is 0 Å². The molecular formula is C20H23NO. The predicted octanol–water partition coefficient (Wildman–Crippen LogP) is 5.63. The lowest BCUT2D eigenvalue weighted by molar-refractivity contribution is 0.415. The molecule has 0 aromatic heterocycles. The van der Waals surface area contributed by atoms with Gasteiger partial charge in [0, 0.05) is 11.1 Å². The van der Waals surface area contributed by atoms with Gasteiger partial charge < -0.3 is 4.74 Å². The molecular weight excluding hydrogens is 270 g/mol. The Morgan fingerprint density at radius 1 is 1.09 bits per heavy atom. The van der Waals surface area contributed by atoms with Gasteiger partial charge in [0.1, 0.15) is 5.75 Å². The van der Waals surface area contributed by atoms with E-state index < -0.39 is 0 Å². The van der Waals surface area contributed by atoms with Crippen molar-refractivity contribution in [3.8, 4) is 16.9 Å². The van der Waals surface area contributed by atoms with E-state index in [0.717, 1.165) is 28.1 Å². The van der Waals surface area contributed by atoms with E-state index in [9.17, 15) is 0 Å². The van der Waals surface area contributed by atoms with Gasteiger partial charge in [-0.1, -0.05) is 57.7 Å². The molecule has 0 unspecified atom stereocenters. The van der Waals surface area contributed by atoms with Gasteiger partial charge in [0.15, 0.2) is 0 Å². The lowest BCUT2D eigenvalue weighted by Gasteiger charge is -2.19. The van der Waals surface area contributed by atoms with Crippen LogP contribution in [-0.2, 0) is 5.41 Å². The van der Waals surface area contributed by atoms with Crippen molar-refractivity contribution in [1.29, 1.82) is 0 Å². The number of rotatable bonds is 4. The van der Waals surface area contributed by atoms with Gasteiger partial charge in [-0.2, -0.15) is 0 Å². The zero-order chi connectivity index (χ0) is 16.3. The third-order valence-corrected chi connectivity index (χ3v) is 3.79. The maximum absolute atomic E-state index is 5.39. The van der Waals surface area contributed by atoms with Crippen LogP contribution in [0.2, 0.25) is 0 Å². The molecule has 0 fully saturated rings. The Hall–Kier alpha value is -2.35. The molecule has 2 heteroatoms. The number of benzene rings is 2. The van der Waals surface area contributed by atoms with Crippen LogP contribution in [0, 0.1) is 0 Å². The second kappa shape index (κ2) is 6.18. The lowest BCUT2D eigenvalue weighted by atomic mass is 9.86. The second-order valence-corrected chi connectivity index (χ2v) is 6.30. The second-order valence-electron chi connectivity index (χ2n) is 6.30. The summed E-state index contributed by atoms with van der Waals surface area (Å²) in [6, 6.07) is 12.5. The zero-order valence-electron chi connectivity index (χ0n) is 13.8. The highest BCUT2D eigenvalue weighted by atomic mass is 16.5. The fourth-order valence-electron chi connectivity index (χ4n) is 2.45. The van der Waals surface area contributed by atoms with Crippen LogP contribution in [0.5, 0.6) is 5.75 Å². The molecule has 0 amide bonds. The summed E-state index contributed by atoms with van der Waals surface area (Å²) >= 11 is 0. The number of ether oxygens (including phenoxy) is 1. The Labute approximate surface area is 133 Å². The molecule has 2 rings (SSSR count). The maximum atomic E-state index is 5.39. The minimum atomic E-state index is 0.138. The minimum Gasteiger partial charge on any atom is -0.497 e. The van der Waals surface area contributed by atoms with Gasteiger partial charge in [-0.25, -0.2) is 0 Å². The van der Waals surface area contributed by atoms with Crippen LogP contribution in [0.1, 0.15) is 31.9 Å². The first kappa shape index (κ1) is 16.0. The SMILES string of the molecule is C=Cc1cc(OC)cc(-c2ccc(C(C)(C)C)cc2)c1N=C. The van der Waals surface area contributed by atoms with Crippen LogP contribution in [0.4, 0.5) is 5.69 Å². The minimum absolute atomic E-state index is 0.138. The molecule has 2 nitrogen and oxygen atoms in total. The molecule has 0 aliphatic carbocycles. The van der Waals surface area contributed by atoms with Crippen molar-refractivity contribution in [2.24, 2.45) is 4.99 Å². The Morgan fingerprint density at radius 2 is 1.73 bits per heavy atom. The van der Waals surface area contributed by atoms with Crippen molar-refractivity contribution >= 4 is 18.5 Å². The van der Waals surface area contributed by atoms with Crippen molar-refractivity contribution in [2.75, 3.05) is 7.11 Å². The van der Waals surface area contributed by atoms with Crippen molar-refractivity contribution in [1.82, 2.24) is 0 Å². The van der Waals surface area contributed by atoms with Crippen LogP contribution < -0.4 is 4.74 Å². The van der Waals surface area contributed by atoms with E-state index >= 15 is 0 Å². The maximum Gasteiger partial charge on any atom is 0.120 e. The summed E-state index contributed by atoms with van der Waals surface area (Å²) < 4.78 is 5.39. The molecule has 2 aromatic rings. The summed E-state index contributed by atoms with van der Waals surface area (Å²) in [6.07, 6.45) is 1.78. The Morgan fingerprint density at radius 3 is 2.18 bits per heavy atom. The molecule has 2 aromatic carbocycles. The van der Waals surface area contributed by atoms with Crippen molar-refractivity contribution < 1.29 is 4.74 Å². The van der Waals surface area contributed by atoms with Gasteiger partial charge in [-0.05, 0) is 35.4 Å². The van der Waals surface area contributed by atoms with E-state index in [1.165, 1.54) is 5.56 Å². The van der Waals surface area contributed by atoms with Crippen LogP contribution in [0.15, 0.2) is 48.0 Å². The van der Waals surface area contributed by atoms with Gasteiger partial charge in [-0.3, -0.25) is 4.99 Å². The van der Waals surface area contributed by atoms with Gasteiger partial charge in [-0.15, -0.1) is 0 Å². The number of aliphatic imine (C=N–C) groups is 1. The summed E-state index contributed by atoms with van der Waals surface area (Å²) in [5.41, 5.74) is 5.29. The normalized spacial score (nSPS) is 11.1. The average molecular weight is 293 g/mol. The Balaban J connectivity index is 2.60. The van der Waals surface area contributed by atoms with Crippen molar-refractivity contribution in [2.45, 2.75) is 26.2 Å².